The molecule has 0 aromatic heterocycles. The molecule has 25 heavy (non-hydrogen) atoms. The average Bonchev–Trinajstić information content (AvgIpc) is 2.62. The zero-order chi connectivity index (χ0) is 18.8. The van der Waals surface area contributed by atoms with Gasteiger partial charge in [-0.05, 0) is 54.3 Å². The molecule has 0 aliphatic carbocycles. The minimum Gasteiger partial charge on any atom is -0.496 e. The molecule has 2 rings (SSSR count). The Balaban J connectivity index is 0.00000151. The summed E-state index contributed by atoms with van der Waals surface area (Å²) in [7, 11) is 1.64. The third-order valence-electron chi connectivity index (χ3n) is 3.54. The van der Waals surface area contributed by atoms with Gasteiger partial charge in [0.1, 0.15) is 24.1 Å². The van der Waals surface area contributed by atoms with Gasteiger partial charge in [0.05, 0.1) is 7.11 Å². The van der Waals surface area contributed by atoms with Crippen LogP contribution < -0.4 is 15.2 Å². The van der Waals surface area contributed by atoms with E-state index in [1.165, 1.54) is 0 Å². The molecule has 0 spiro atoms. The second kappa shape index (κ2) is 10.4. The molecule has 0 aliphatic rings. The van der Waals surface area contributed by atoms with Gasteiger partial charge in [-0.15, -0.1) is 0 Å². The molecule has 0 fully saturated rings. The fraction of sp³-hybridized carbons (Fsp3) is 0.350. The first kappa shape index (κ1) is 20.5. The predicted octanol–water partition coefficient (Wildman–Crippen LogP) is 3.56. The molecular weight excluding hydrogens is 318 g/mol. The number of carboxylic acids is 1. The van der Waals surface area contributed by atoms with Crippen LogP contribution in [-0.2, 0) is 17.8 Å². The number of hydrogen-bond donors (Lipinski definition) is 2. The third kappa shape index (κ3) is 6.47. The fourth-order valence-electron chi connectivity index (χ4n) is 2.30. The summed E-state index contributed by atoms with van der Waals surface area (Å²) in [6, 6.07) is 12.3. The Morgan fingerprint density at radius 3 is 2.48 bits per heavy atom. The van der Waals surface area contributed by atoms with E-state index in [1.54, 1.807) is 7.11 Å². The van der Waals surface area contributed by atoms with Gasteiger partial charge in [-0.1, -0.05) is 32.0 Å². The van der Waals surface area contributed by atoms with Crippen molar-refractivity contribution in [1.82, 2.24) is 0 Å². The molecule has 5 heteroatoms. The lowest BCUT2D eigenvalue weighted by molar-refractivity contribution is -0.138. The van der Waals surface area contributed by atoms with Gasteiger partial charge in [-0.2, -0.15) is 0 Å². The van der Waals surface area contributed by atoms with Gasteiger partial charge in [0, 0.05) is 0 Å². The second-order valence-corrected chi connectivity index (χ2v) is 5.39. The van der Waals surface area contributed by atoms with Crippen LogP contribution in [0.1, 0.15) is 30.5 Å². The first-order valence-corrected chi connectivity index (χ1v) is 8.33. The molecule has 0 heterocycles. The lowest BCUT2D eigenvalue weighted by atomic mass is 10.1. The first-order chi connectivity index (χ1) is 12.0. The number of carboxylic acid groups (broad SMARTS) is 1. The molecule has 0 saturated heterocycles. The third-order valence-corrected chi connectivity index (χ3v) is 3.54. The Morgan fingerprint density at radius 2 is 1.88 bits per heavy atom. The Kier molecular flexibility index (Phi) is 8.50. The monoisotopic (exact) mass is 345 g/mol. The van der Waals surface area contributed by atoms with Crippen LogP contribution in [0.5, 0.6) is 11.5 Å². The van der Waals surface area contributed by atoms with Crippen molar-refractivity contribution in [2.45, 2.75) is 39.8 Å². The Bertz CT molecular complexity index is 685. The average molecular weight is 345 g/mol. The maximum absolute atomic E-state index is 10.8. The molecule has 3 N–H and O–H groups in total. The summed E-state index contributed by atoms with van der Waals surface area (Å²) in [6.07, 6.45) is 0.272. The normalized spacial score (nSPS) is 11.1. The van der Waals surface area contributed by atoms with E-state index < -0.39 is 12.0 Å². The smallest absolute Gasteiger partial charge is 0.320 e. The standard InChI is InChI=1S/C18H21NO4.C2H6/c1-12-8-14(6-7-17(12)22-2)11-23-15-5-3-4-13(9-15)10-16(19)18(20)21;1-2/h3-9,16H,10-11,19H2,1-2H3,(H,20,21);1-2H3/t16-;/m0./s1. The highest BCUT2D eigenvalue weighted by atomic mass is 16.5. The number of ether oxygens (including phenoxy) is 2. The molecule has 2 aromatic carbocycles. The van der Waals surface area contributed by atoms with Gasteiger partial charge in [0.2, 0.25) is 0 Å². The Labute approximate surface area is 149 Å². The van der Waals surface area contributed by atoms with Gasteiger partial charge in [0.25, 0.3) is 0 Å². The summed E-state index contributed by atoms with van der Waals surface area (Å²) >= 11 is 0. The minimum atomic E-state index is -1.01. The van der Waals surface area contributed by atoms with Crippen LogP contribution in [0.15, 0.2) is 42.5 Å². The number of rotatable bonds is 7. The van der Waals surface area contributed by atoms with Crippen molar-refractivity contribution in [2.24, 2.45) is 5.73 Å². The van der Waals surface area contributed by atoms with E-state index in [4.69, 9.17) is 20.3 Å². The maximum atomic E-state index is 10.8. The summed E-state index contributed by atoms with van der Waals surface area (Å²) in [6.45, 7) is 6.41. The van der Waals surface area contributed by atoms with E-state index >= 15 is 0 Å². The molecule has 0 radical (unpaired) electrons. The van der Waals surface area contributed by atoms with Crippen molar-refractivity contribution in [2.75, 3.05) is 7.11 Å². The van der Waals surface area contributed by atoms with Gasteiger partial charge in [0.15, 0.2) is 0 Å². The van der Waals surface area contributed by atoms with E-state index in [2.05, 4.69) is 0 Å². The maximum Gasteiger partial charge on any atom is 0.320 e. The topological polar surface area (TPSA) is 81.8 Å². The summed E-state index contributed by atoms with van der Waals surface area (Å²) in [4.78, 5) is 10.8. The van der Waals surface area contributed by atoms with Crippen LogP contribution in [0.4, 0.5) is 0 Å². The van der Waals surface area contributed by atoms with Gasteiger partial charge in [-0.25, -0.2) is 0 Å². The highest BCUT2D eigenvalue weighted by Crippen LogP contribution is 2.20. The van der Waals surface area contributed by atoms with Crippen LogP contribution in [0, 0.1) is 6.92 Å². The van der Waals surface area contributed by atoms with Gasteiger partial charge in [-0.3, -0.25) is 4.79 Å². The van der Waals surface area contributed by atoms with Crippen molar-refractivity contribution >= 4 is 5.97 Å². The molecule has 1 atom stereocenters. The number of methoxy groups -OCH3 is 1. The number of nitrogens with two attached hydrogens (primary N) is 1. The molecular formula is C20H27NO4. The van der Waals surface area contributed by atoms with Gasteiger partial charge < -0.3 is 20.3 Å². The summed E-state index contributed by atoms with van der Waals surface area (Å²) in [5, 5.41) is 8.87. The number of aliphatic carboxylic acids is 1. The SMILES string of the molecule is CC.COc1ccc(COc2cccc(C[C@H](N)C(=O)O)c2)cc1C. The van der Waals surface area contributed by atoms with Crippen molar-refractivity contribution in [1.29, 1.82) is 0 Å². The molecule has 0 aliphatic heterocycles. The number of benzene rings is 2. The van der Waals surface area contributed by atoms with E-state index in [0.29, 0.717) is 12.4 Å². The molecule has 0 bridgehead atoms. The lowest BCUT2D eigenvalue weighted by Crippen LogP contribution is -2.32. The highest BCUT2D eigenvalue weighted by molar-refractivity contribution is 5.73. The summed E-state index contributed by atoms with van der Waals surface area (Å²) in [5.41, 5.74) is 8.48. The van der Waals surface area contributed by atoms with Crippen molar-refractivity contribution in [3.8, 4) is 11.5 Å². The summed E-state index contributed by atoms with van der Waals surface area (Å²) < 4.78 is 11.0. The van der Waals surface area contributed by atoms with Crippen LogP contribution >= 0.6 is 0 Å². The van der Waals surface area contributed by atoms with E-state index in [9.17, 15) is 4.79 Å². The molecule has 0 unspecified atom stereocenters. The van der Waals surface area contributed by atoms with E-state index in [1.807, 2.05) is 63.2 Å². The predicted molar refractivity (Wildman–Crippen MR) is 99.2 cm³/mol. The second-order valence-electron chi connectivity index (χ2n) is 5.39. The minimum absolute atomic E-state index is 0.272. The zero-order valence-corrected chi connectivity index (χ0v) is 15.3. The Morgan fingerprint density at radius 1 is 1.16 bits per heavy atom. The lowest BCUT2D eigenvalue weighted by Gasteiger charge is -2.11. The van der Waals surface area contributed by atoms with Crippen LogP contribution in [0.2, 0.25) is 0 Å². The number of aryl methyl sites for hydroxylation is 1. The molecule has 5 nitrogen and oxygen atoms in total. The molecule has 0 amide bonds. The highest BCUT2D eigenvalue weighted by Gasteiger charge is 2.12. The first-order valence-electron chi connectivity index (χ1n) is 8.33. The van der Waals surface area contributed by atoms with E-state index in [-0.39, 0.29) is 6.42 Å². The number of hydrogen-bond acceptors (Lipinski definition) is 4. The quantitative estimate of drug-likeness (QED) is 0.802. The molecule has 136 valence electrons. The van der Waals surface area contributed by atoms with E-state index in [0.717, 1.165) is 22.4 Å². The van der Waals surface area contributed by atoms with Crippen LogP contribution in [0.3, 0.4) is 0 Å². The van der Waals surface area contributed by atoms with Crippen molar-refractivity contribution in [3.63, 3.8) is 0 Å². The summed E-state index contributed by atoms with van der Waals surface area (Å²) in [5.74, 6) is 0.525. The van der Waals surface area contributed by atoms with Crippen molar-refractivity contribution < 1.29 is 19.4 Å². The molecule has 2 aromatic rings. The Hall–Kier alpha value is -2.53. The largest absolute Gasteiger partial charge is 0.496 e. The fourth-order valence-corrected chi connectivity index (χ4v) is 2.30. The number of carbonyl (C=O) groups is 1. The zero-order valence-electron chi connectivity index (χ0n) is 15.3. The van der Waals surface area contributed by atoms with Crippen LogP contribution in [-0.4, -0.2) is 24.2 Å². The molecule has 0 saturated carbocycles. The van der Waals surface area contributed by atoms with Crippen molar-refractivity contribution in [3.05, 3.63) is 59.2 Å². The van der Waals surface area contributed by atoms with Crippen LogP contribution in [0.25, 0.3) is 0 Å². The van der Waals surface area contributed by atoms with Gasteiger partial charge >= 0.3 is 5.97 Å².